The first-order valence-corrected chi connectivity index (χ1v) is 16.9. The quantitative estimate of drug-likeness (QED) is 0.0934. The second-order valence-electron chi connectivity index (χ2n) is 13.2. The molecule has 3 aliphatic rings. The van der Waals surface area contributed by atoms with Crippen LogP contribution in [0.15, 0.2) is 39.5 Å². The van der Waals surface area contributed by atoms with Crippen LogP contribution in [0, 0.1) is 0 Å². The lowest BCUT2D eigenvalue weighted by Crippen LogP contribution is -2.64. The van der Waals surface area contributed by atoms with Gasteiger partial charge in [-0.2, -0.15) is 0 Å². The van der Waals surface area contributed by atoms with E-state index in [1.807, 2.05) is 0 Å². The number of methoxy groups -OCH3 is 1. The molecule has 0 bridgehead atoms. The van der Waals surface area contributed by atoms with E-state index in [1.165, 1.54) is 32.2 Å². The number of ether oxygens (including phenoxy) is 7. The second-order valence-corrected chi connectivity index (χ2v) is 13.2. The van der Waals surface area contributed by atoms with Crippen LogP contribution >= 0.6 is 0 Å². The molecule has 0 saturated carbocycles. The van der Waals surface area contributed by atoms with Crippen LogP contribution in [-0.2, 0) is 18.9 Å². The first kappa shape index (κ1) is 40.7. The molecule has 0 spiro atoms. The largest absolute Gasteiger partial charge is 0.507 e. The molecule has 0 amide bonds. The van der Waals surface area contributed by atoms with Gasteiger partial charge in [-0.25, -0.2) is 0 Å². The highest BCUT2D eigenvalue weighted by Crippen LogP contribution is 2.41. The zero-order valence-electron chi connectivity index (χ0n) is 29.0. The summed E-state index contributed by atoms with van der Waals surface area (Å²) in [7, 11) is 1.24. The lowest BCUT2D eigenvalue weighted by atomic mass is 9.97. The van der Waals surface area contributed by atoms with Crippen LogP contribution in [0.5, 0.6) is 28.7 Å². The minimum atomic E-state index is -1.97. The van der Waals surface area contributed by atoms with Crippen molar-refractivity contribution in [1.29, 1.82) is 0 Å². The molecular weight excluding hydrogens is 744 g/mol. The Hall–Kier alpha value is -3.91. The number of aliphatic hydroxyl groups is 10. The van der Waals surface area contributed by atoms with Crippen LogP contribution < -0.4 is 19.6 Å². The van der Waals surface area contributed by atoms with Crippen molar-refractivity contribution in [3.05, 3.63) is 40.6 Å². The van der Waals surface area contributed by atoms with E-state index in [4.69, 9.17) is 37.6 Å². The maximum absolute atomic E-state index is 14.3. The number of fused-ring (bicyclic) bond motifs is 1. The fourth-order valence-corrected chi connectivity index (χ4v) is 6.43. The van der Waals surface area contributed by atoms with Crippen molar-refractivity contribution in [1.82, 2.24) is 0 Å². The number of phenolic OH excluding ortho intramolecular Hbond substituents is 2. The summed E-state index contributed by atoms with van der Waals surface area (Å²) in [4.78, 5) is 14.3. The van der Waals surface area contributed by atoms with Gasteiger partial charge < -0.3 is 98.9 Å². The van der Waals surface area contributed by atoms with Gasteiger partial charge in [0, 0.05) is 17.7 Å². The molecule has 3 saturated heterocycles. The van der Waals surface area contributed by atoms with Crippen LogP contribution in [0.2, 0.25) is 0 Å². The topological polar surface area (TPSA) is 338 Å². The second kappa shape index (κ2) is 16.3. The first-order valence-electron chi connectivity index (χ1n) is 16.9. The van der Waals surface area contributed by atoms with E-state index in [0.29, 0.717) is 0 Å². The number of hydrogen-bond donors (Lipinski definition) is 12. The minimum absolute atomic E-state index is 0.00735. The van der Waals surface area contributed by atoms with Gasteiger partial charge in [-0.3, -0.25) is 4.79 Å². The zero-order valence-corrected chi connectivity index (χ0v) is 29.0. The molecule has 3 fully saturated rings. The van der Waals surface area contributed by atoms with Crippen molar-refractivity contribution in [2.45, 2.75) is 99.0 Å². The number of aliphatic hydroxyl groups excluding tert-OH is 10. The van der Waals surface area contributed by atoms with Gasteiger partial charge in [-0.15, -0.1) is 0 Å². The molecule has 15 atom stereocenters. The maximum atomic E-state index is 14.3. The van der Waals surface area contributed by atoms with E-state index in [9.17, 15) is 66.1 Å². The molecule has 4 heterocycles. The monoisotopic (exact) mass is 786 g/mol. The predicted molar refractivity (Wildman–Crippen MR) is 178 cm³/mol. The third-order valence-corrected chi connectivity index (χ3v) is 9.61. The first-order chi connectivity index (χ1) is 26.1. The van der Waals surface area contributed by atoms with E-state index in [-0.39, 0.29) is 28.4 Å². The number of rotatable bonds is 10. The van der Waals surface area contributed by atoms with Gasteiger partial charge in [-0.05, 0) is 25.1 Å². The summed E-state index contributed by atoms with van der Waals surface area (Å²) in [6.07, 6.45) is -25.5. The van der Waals surface area contributed by atoms with E-state index in [0.717, 1.165) is 12.1 Å². The number of hydrogen-bond acceptors (Lipinski definition) is 21. The van der Waals surface area contributed by atoms with Gasteiger partial charge >= 0.3 is 0 Å². The summed E-state index contributed by atoms with van der Waals surface area (Å²) in [5, 5.41) is 124. The normalized spacial score (nSPS) is 36.8. The Kier molecular flexibility index (Phi) is 12.1. The molecule has 2 aromatic carbocycles. The molecule has 6 rings (SSSR count). The number of phenols is 2. The van der Waals surface area contributed by atoms with E-state index in [1.54, 1.807) is 0 Å². The van der Waals surface area contributed by atoms with Crippen LogP contribution in [0.3, 0.4) is 0 Å². The van der Waals surface area contributed by atoms with Gasteiger partial charge in [-0.1, -0.05) is 0 Å². The number of aromatic hydroxyl groups is 2. The third-order valence-electron chi connectivity index (χ3n) is 9.61. The highest BCUT2D eigenvalue weighted by molar-refractivity contribution is 5.88. The smallest absolute Gasteiger partial charge is 0.239 e. The zero-order chi connectivity index (χ0) is 40.0. The Bertz CT molecular complexity index is 1870. The van der Waals surface area contributed by atoms with Crippen LogP contribution in [0.1, 0.15) is 6.92 Å². The summed E-state index contributed by atoms with van der Waals surface area (Å²) < 4.78 is 45.2. The standard InChI is InChI=1S/C34H42O21/c1-10-20(39)24(43)27(46)32(49-10)55-31-26(45)22(41)18(9-36)53-34(31)54-30-23(42)19-14(38)6-12(50-33-28(47)25(44)21(40)17(8-35)52-33)7-16(19)51-29(30)11-3-4-13(37)15(5-11)48-2/h3-7,10,17-18,20-22,24-28,31-41,43-47H,8-9H2,1-2H3/t10-,17+,18+,20-,21+,22-,24+,25-,26-,27+,28+,31+,32-,33+,34-/m0/s1. The Morgan fingerprint density at radius 3 is 1.95 bits per heavy atom. The van der Waals surface area contributed by atoms with Crippen LogP contribution in [0.4, 0.5) is 0 Å². The molecule has 0 aliphatic carbocycles. The summed E-state index contributed by atoms with van der Waals surface area (Å²) in [5.74, 6) is -2.65. The molecule has 3 aliphatic heterocycles. The highest BCUT2D eigenvalue weighted by Gasteiger charge is 2.51. The highest BCUT2D eigenvalue weighted by atomic mass is 16.8. The molecule has 21 heteroatoms. The van der Waals surface area contributed by atoms with Crippen LogP contribution in [0.25, 0.3) is 22.3 Å². The molecule has 0 unspecified atom stereocenters. The molecule has 304 valence electrons. The fourth-order valence-electron chi connectivity index (χ4n) is 6.43. The Balaban J connectivity index is 1.44. The van der Waals surface area contributed by atoms with Gasteiger partial charge in [0.1, 0.15) is 83.5 Å². The van der Waals surface area contributed by atoms with E-state index in [2.05, 4.69) is 0 Å². The van der Waals surface area contributed by atoms with Gasteiger partial charge in [0.25, 0.3) is 0 Å². The van der Waals surface area contributed by atoms with Crippen molar-refractivity contribution in [2.75, 3.05) is 20.3 Å². The third kappa shape index (κ3) is 7.65. The summed E-state index contributed by atoms with van der Waals surface area (Å²) in [5.41, 5.74) is -1.46. The summed E-state index contributed by atoms with van der Waals surface area (Å²) >= 11 is 0. The lowest BCUT2D eigenvalue weighted by Gasteiger charge is -2.45. The molecule has 1 aromatic heterocycles. The number of benzene rings is 2. The SMILES string of the molecule is COc1cc(-c2oc3cc(O[C@@H]4O[C@H](CO)[C@@H](O)[C@H](O)[C@H]4O)cc(O)c3c(=O)c2O[C@@H]2O[C@H](CO)[C@H](O)[C@H](O)[C@H]2O[C@@H]2O[C@@H](C)[C@H](O)[C@@H](O)[C@H]2O)ccc1O. The minimum Gasteiger partial charge on any atom is -0.507 e. The van der Waals surface area contributed by atoms with Gasteiger partial charge in [0.15, 0.2) is 29.7 Å². The summed E-state index contributed by atoms with van der Waals surface area (Å²) in [6.45, 7) is -0.267. The molecule has 55 heavy (non-hydrogen) atoms. The average Bonchev–Trinajstić information content (AvgIpc) is 3.16. The lowest BCUT2D eigenvalue weighted by molar-refractivity contribution is -0.354. The molecule has 21 nitrogen and oxygen atoms in total. The fraction of sp³-hybridized carbons (Fsp3) is 0.559. The van der Waals surface area contributed by atoms with Gasteiger partial charge in [0.05, 0.1) is 26.4 Å². The molecular formula is C34H42O21. The van der Waals surface area contributed by atoms with Crippen molar-refractivity contribution in [3.63, 3.8) is 0 Å². The van der Waals surface area contributed by atoms with Crippen molar-refractivity contribution < 1.29 is 98.9 Å². The molecule has 0 radical (unpaired) electrons. The van der Waals surface area contributed by atoms with Crippen LogP contribution in [-0.4, -0.2) is 174 Å². The van der Waals surface area contributed by atoms with Crippen molar-refractivity contribution in [3.8, 4) is 40.1 Å². The Morgan fingerprint density at radius 2 is 1.29 bits per heavy atom. The molecule has 12 N–H and O–H groups in total. The van der Waals surface area contributed by atoms with E-state index < -0.39 is 133 Å². The maximum Gasteiger partial charge on any atom is 0.239 e. The predicted octanol–water partition coefficient (Wildman–Crippen LogP) is -3.91. The average molecular weight is 787 g/mol. The Labute approximate surface area is 309 Å². The van der Waals surface area contributed by atoms with Gasteiger partial charge in [0.2, 0.25) is 23.8 Å². The Morgan fingerprint density at radius 1 is 0.673 bits per heavy atom. The van der Waals surface area contributed by atoms with Crippen molar-refractivity contribution >= 4 is 11.0 Å². The van der Waals surface area contributed by atoms with E-state index >= 15 is 0 Å². The molecule has 3 aromatic rings. The summed E-state index contributed by atoms with van der Waals surface area (Å²) in [6, 6.07) is 5.73. The van der Waals surface area contributed by atoms with Crippen molar-refractivity contribution in [2.24, 2.45) is 0 Å².